The van der Waals surface area contributed by atoms with Gasteiger partial charge in [-0.1, -0.05) is 0 Å². The zero-order valence-electron chi connectivity index (χ0n) is 9.19. The molecule has 0 spiro atoms. The second-order valence-corrected chi connectivity index (χ2v) is 4.57. The van der Waals surface area contributed by atoms with E-state index in [9.17, 15) is 4.79 Å². The standard InChI is InChI=1S/C11H19NO3/c1-15-10-4-2-3-9(10)12-6-8(7-13)5-11(12)14/h8-10,13H,2-7H2,1H3. The maximum atomic E-state index is 11.8. The van der Waals surface area contributed by atoms with Gasteiger partial charge in [-0.05, 0) is 19.3 Å². The summed E-state index contributed by atoms with van der Waals surface area (Å²) in [6.07, 6.45) is 3.93. The maximum Gasteiger partial charge on any atom is 0.223 e. The number of carbonyl (C=O) groups is 1. The van der Waals surface area contributed by atoms with Crippen LogP contribution in [0.4, 0.5) is 0 Å². The van der Waals surface area contributed by atoms with Crippen molar-refractivity contribution in [3.63, 3.8) is 0 Å². The van der Waals surface area contributed by atoms with Gasteiger partial charge in [0.1, 0.15) is 0 Å². The van der Waals surface area contributed by atoms with E-state index in [0.29, 0.717) is 13.0 Å². The Morgan fingerprint density at radius 2 is 2.33 bits per heavy atom. The first-order valence-corrected chi connectivity index (χ1v) is 5.69. The Balaban J connectivity index is 2.01. The van der Waals surface area contributed by atoms with Crippen molar-refractivity contribution in [2.45, 2.75) is 37.8 Å². The quantitative estimate of drug-likeness (QED) is 0.738. The molecule has 1 saturated carbocycles. The molecule has 2 aliphatic rings. The highest BCUT2D eigenvalue weighted by Gasteiger charge is 2.39. The first kappa shape index (κ1) is 10.9. The van der Waals surface area contributed by atoms with Crippen molar-refractivity contribution < 1.29 is 14.6 Å². The van der Waals surface area contributed by atoms with Crippen molar-refractivity contribution in [1.29, 1.82) is 0 Å². The fourth-order valence-corrected chi connectivity index (χ4v) is 2.79. The van der Waals surface area contributed by atoms with Crippen LogP contribution < -0.4 is 0 Å². The van der Waals surface area contributed by atoms with Gasteiger partial charge in [0.05, 0.1) is 12.1 Å². The predicted octanol–water partition coefficient (Wildman–Crippen LogP) is 0.395. The van der Waals surface area contributed by atoms with Gasteiger partial charge >= 0.3 is 0 Å². The van der Waals surface area contributed by atoms with E-state index >= 15 is 0 Å². The maximum absolute atomic E-state index is 11.8. The van der Waals surface area contributed by atoms with E-state index in [1.165, 1.54) is 0 Å². The monoisotopic (exact) mass is 213 g/mol. The first-order chi connectivity index (χ1) is 7.26. The van der Waals surface area contributed by atoms with Crippen LogP contribution in [0, 0.1) is 5.92 Å². The van der Waals surface area contributed by atoms with E-state index in [4.69, 9.17) is 9.84 Å². The van der Waals surface area contributed by atoms with Gasteiger partial charge in [-0.25, -0.2) is 0 Å². The lowest BCUT2D eigenvalue weighted by molar-refractivity contribution is -0.131. The second kappa shape index (κ2) is 4.49. The predicted molar refractivity (Wildman–Crippen MR) is 55.3 cm³/mol. The summed E-state index contributed by atoms with van der Waals surface area (Å²) in [7, 11) is 1.72. The number of methoxy groups -OCH3 is 1. The molecule has 1 heterocycles. The van der Waals surface area contributed by atoms with Gasteiger partial charge in [-0.3, -0.25) is 4.79 Å². The number of rotatable bonds is 3. The lowest BCUT2D eigenvalue weighted by atomic mass is 10.1. The van der Waals surface area contributed by atoms with Crippen molar-refractivity contribution in [2.24, 2.45) is 5.92 Å². The Labute approximate surface area is 90.2 Å². The highest BCUT2D eigenvalue weighted by molar-refractivity contribution is 5.79. The van der Waals surface area contributed by atoms with E-state index in [0.717, 1.165) is 19.3 Å². The summed E-state index contributed by atoms with van der Waals surface area (Å²) in [5, 5.41) is 9.06. The zero-order chi connectivity index (χ0) is 10.8. The Kier molecular flexibility index (Phi) is 3.26. The number of ether oxygens (including phenoxy) is 1. The van der Waals surface area contributed by atoms with Gasteiger partial charge in [0.15, 0.2) is 0 Å². The van der Waals surface area contributed by atoms with Crippen LogP contribution in [0.1, 0.15) is 25.7 Å². The summed E-state index contributed by atoms with van der Waals surface area (Å²) in [5.41, 5.74) is 0. The summed E-state index contributed by atoms with van der Waals surface area (Å²) < 4.78 is 5.40. The molecule has 3 atom stereocenters. The van der Waals surface area contributed by atoms with Gasteiger partial charge in [0.2, 0.25) is 5.91 Å². The van der Waals surface area contributed by atoms with Crippen LogP contribution in [0.2, 0.25) is 0 Å². The van der Waals surface area contributed by atoms with Crippen molar-refractivity contribution in [2.75, 3.05) is 20.3 Å². The molecule has 0 aromatic carbocycles. The third-order valence-corrected chi connectivity index (χ3v) is 3.62. The fraction of sp³-hybridized carbons (Fsp3) is 0.909. The van der Waals surface area contributed by atoms with E-state index < -0.39 is 0 Å². The van der Waals surface area contributed by atoms with Crippen LogP contribution in [0.3, 0.4) is 0 Å². The number of amides is 1. The Morgan fingerprint density at radius 1 is 1.53 bits per heavy atom. The summed E-state index contributed by atoms with van der Waals surface area (Å²) in [5.74, 6) is 0.318. The summed E-state index contributed by atoms with van der Waals surface area (Å²) >= 11 is 0. The van der Waals surface area contributed by atoms with E-state index in [1.807, 2.05) is 4.90 Å². The molecule has 86 valence electrons. The molecular weight excluding hydrogens is 194 g/mol. The summed E-state index contributed by atoms with van der Waals surface area (Å²) in [4.78, 5) is 13.7. The largest absolute Gasteiger partial charge is 0.396 e. The number of likely N-dealkylation sites (tertiary alicyclic amines) is 1. The Bertz CT molecular complexity index is 244. The Hall–Kier alpha value is -0.610. The minimum atomic E-state index is 0.118. The summed E-state index contributed by atoms with van der Waals surface area (Å²) in [6.45, 7) is 0.826. The molecule has 3 unspecified atom stereocenters. The third kappa shape index (κ3) is 2.01. The molecule has 1 saturated heterocycles. The fourth-order valence-electron chi connectivity index (χ4n) is 2.79. The van der Waals surface area contributed by atoms with E-state index in [1.54, 1.807) is 7.11 Å². The van der Waals surface area contributed by atoms with Crippen LogP contribution in [0.5, 0.6) is 0 Å². The molecule has 1 N–H and O–H groups in total. The number of aliphatic hydroxyl groups excluding tert-OH is 1. The first-order valence-electron chi connectivity index (χ1n) is 5.69. The lowest BCUT2D eigenvalue weighted by Crippen LogP contribution is -2.42. The molecule has 0 bridgehead atoms. The van der Waals surface area contributed by atoms with E-state index in [2.05, 4.69) is 0 Å². The number of nitrogens with zero attached hydrogens (tertiary/aromatic N) is 1. The average Bonchev–Trinajstić information content (AvgIpc) is 2.82. The van der Waals surface area contributed by atoms with Crippen LogP contribution >= 0.6 is 0 Å². The second-order valence-electron chi connectivity index (χ2n) is 4.57. The average molecular weight is 213 g/mol. The molecule has 1 aliphatic heterocycles. The number of aliphatic hydroxyl groups is 1. The Morgan fingerprint density at radius 3 is 2.93 bits per heavy atom. The highest BCUT2D eigenvalue weighted by Crippen LogP contribution is 2.30. The van der Waals surface area contributed by atoms with Crippen molar-refractivity contribution in [3.05, 3.63) is 0 Å². The lowest BCUT2D eigenvalue weighted by Gasteiger charge is -2.28. The van der Waals surface area contributed by atoms with Crippen molar-refractivity contribution in [1.82, 2.24) is 4.90 Å². The highest BCUT2D eigenvalue weighted by atomic mass is 16.5. The van der Waals surface area contributed by atoms with Crippen molar-refractivity contribution >= 4 is 5.91 Å². The molecule has 0 aromatic heterocycles. The van der Waals surface area contributed by atoms with Crippen LogP contribution in [-0.2, 0) is 9.53 Å². The van der Waals surface area contributed by atoms with Crippen molar-refractivity contribution in [3.8, 4) is 0 Å². The number of carbonyl (C=O) groups excluding carboxylic acids is 1. The van der Waals surface area contributed by atoms with Crippen LogP contribution in [0.15, 0.2) is 0 Å². The number of hydrogen-bond acceptors (Lipinski definition) is 3. The van der Waals surface area contributed by atoms with Gasteiger partial charge in [-0.15, -0.1) is 0 Å². The zero-order valence-corrected chi connectivity index (χ0v) is 9.19. The molecule has 15 heavy (non-hydrogen) atoms. The number of hydrogen-bond donors (Lipinski definition) is 1. The third-order valence-electron chi connectivity index (χ3n) is 3.62. The minimum absolute atomic E-state index is 0.118. The van der Waals surface area contributed by atoms with Gasteiger partial charge in [-0.2, -0.15) is 0 Å². The van der Waals surface area contributed by atoms with E-state index in [-0.39, 0.29) is 30.6 Å². The van der Waals surface area contributed by atoms with Gasteiger partial charge in [0.25, 0.3) is 0 Å². The molecule has 2 rings (SSSR count). The SMILES string of the molecule is COC1CCCC1N1CC(CO)CC1=O. The molecular formula is C11H19NO3. The molecule has 1 aliphatic carbocycles. The molecule has 2 fully saturated rings. The summed E-state index contributed by atoms with van der Waals surface area (Å²) in [6, 6.07) is 0.249. The molecule has 1 amide bonds. The topological polar surface area (TPSA) is 49.8 Å². The molecule has 0 aromatic rings. The normalized spacial score (nSPS) is 36.5. The molecule has 4 nitrogen and oxygen atoms in total. The van der Waals surface area contributed by atoms with Gasteiger partial charge in [0, 0.05) is 32.6 Å². The van der Waals surface area contributed by atoms with Crippen LogP contribution in [-0.4, -0.2) is 48.3 Å². The van der Waals surface area contributed by atoms with Gasteiger partial charge < -0.3 is 14.7 Å². The molecule has 0 radical (unpaired) electrons. The minimum Gasteiger partial charge on any atom is -0.396 e. The smallest absolute Gasteiger partial charge is 0.223 e. The van der Waals surface area contributed by atoms with Crippen LogP contribution in [0.25, 0.3) is 0 Å². The molecule has 4 heteroatoms.